The van der Waals surface area contributed by atoms with E-state index in [1.165, 1.54) is 32.1 Å². The van der Waals surface area contributed by atoms with E-state index < -0.39 is 0 Å². The van der Waals surface area contributed by atoms with Crippen LogP contribution in [-0.4, -0.2) is 48.1 Å². The van der Waals surface area contributed by atoms with Crippen molar-refractivity contribution in [2.45, 2.75) is 44.6 Å². The van der Waals surface area contributed by atoms with E-state index in [1.54, 1.807) is 0 Å². The highest BCUT2D eigenvalue weighted by atomic mass is 16.2. The molecule has 92 valence electrons. The summed E-state index contributed by atoms with van der Waals surface area (Å²) in [5.41, 5.74) is 5.54. The van der Waals surface area contributed by atoms with Crippen LogP contribution in [0.4, 0.5) is 4.79 Å². The molecule has 0 aromatic rings. The standard InChI is InChI=1S/C12H23N3O/c13-7-4-10-15(11-5-3-6-11)12(16)14-8-1-2-9-14/h11H,1-10,13H2. The zero-order chi connectivity index (χ0) is 11.4. The van der Waals surface area contributed by atoms with Crippen LogP contribution in [0.3, 0.4) is 0 Å². The molecule has 0 bridgehead atoms. The summed E-state index contributed by atoms with van der Waals surface area (Å²) < 4.78 is 0. The molecule has 1 saturated heterocycles. The summed E-state index contributed by atoms with van der Waals surface area (Å²) in [5.74, 6) is 0. The molecule has 4 heteroatoms. The number of carbonyl (C=O) groups excluding carboxylic acids is 1. The van der Waals surface area contributed by atoms with Gasteiger partial charge in [0.2, 0.25) is 0 Å². The second kappa shape index (κ2) is 5.53. The molecule has 2 amide bonds. The second-order valence-corrected chi connectivity index (χ2v) is 4.90. The third-order valence-corrected chi connectivity index (χ3v) is 3.74. The summed E-state index contributed by atoms with van der Waals surface area (Å²) in [4.78, 5) is 16.4. The van der Waals surface area contributed by atoms with Crippen LogP contribution >= 0.6 is 0 Å². The second-order valence-electron chi connectivity index (χ2n) is 4.90. The fraction of sp³-hybridized carbons (Fsp3) is 0.917. The molecule has 16 heavy (non-hydrogen) atoms. The van der Waals surface area contributed by atoms with E-state index in [4.69, 9.17) is 5.73 Å². The van der Waals surface area contributed by atoms with E-state index in [1.807, 2.05) is 4.90 Å². The largest absolute Gasteiger partial charge is 0.330 e. The molecule has 0 atom stereocenters. The van der Waals surface area contributed by atoms with Crippen LogP contribution in [0, 0.1) is 0 Å². The Bertz CT molecular complexity index is 234. The molecule has 2 rings (SSSR count). The Morgan fingerprint density at radius 3 is 2.44 bits per heavy atom. The first-order chi connectivity index (χ1) is 7.83. The summed E-state index contributed by atoms with van der Waals surface area (Å²) in [5, 5.41) is 0. The number of hydrogen-bond donors (Lipinski definition) is 1. The first-order valence-corrected chi connectivity index (χ1v) is 6.58. The van der Waals surface area contributed by atoms with Gasteiger partial charge in [0.05, 0.1) is 0 Å². The van der Waals surface area contributed by atoms with Gasteiger partial charge in [-0.15, -0.1) is 0 Å². The maximum absolute atomic E-state index is 12.3. The number of hydrogen-bond acceptors (Lipinski definition) is 2. The number of nitrogens with two attached hydrogens (primary N) is 1. The van der Waals surface area contributed by atoms with Gasteiger partial charge < -0.3 is 15.5 Å². The van der Waals surface area contributed by atoms with Gasteiger partial charge in [0.25, 0.3) is 0 Å². The summed E-state index contributed by atoms with van der Waals surface area (Å²) in [6.07, 6.45) is 6.91. The molecule has 1 heterocycles. The van der Waals surface area contributed by atoms with Crippen LogP contribution in [0.5, 0.6) is 0 Å². The first-order valence-electron chi connectivity index (χ1n) is 6.58. The van der Waals surface area contributed by atoms with E-state index in [0.717, 1.165) is 26.1 Å². The maximum Gasteiger partial charge on any atom is 0.320 e. The Morgan fingerprint density at radius 1 is 1.25 bits per heavy atom. The van der Waals surface area contributed by atoms with E-state index in [-0.39, 0.29) is 6.03 Å². The number of amides is 2. The number of likely N-dealkylation sites (tertiary alicyclic amines) is 1. The number of carbonyl (C=O) groups is 1. The topological polar surface area (TPSA) is 49.6 Å². The molecule has 4 nitrogen and oxygen atoms in total. The Hall–Kier alpha value is -0.770. The third kappa shape index (κ3) is 2.48. The van der Waals surface area contributed by atoms with Crippen molar-refractivity contribution in [1.29, 1.82) is 0 Å². The predicted octanol–water partition coefficient (Wildman–Crippen LogP) is 1.41. The number of urea groups is 1. The average Bonchev–Trinajstić information content (AvgIpc) is 2.73. The van der Waals surface area contributed by atoms with E-state index in [0.29, 0.717) is 12.6 Å². The smallest absolute Gasteiger partial charge is 0.320 e. The molecule has 1 saturated carbocycles. The van der Waals surface area contributed by atoms with E-state index in [2.05, 4.69) is 4.90 Å². The molecule has 1 aliphatic heterocycles. The van der Waals surface area contributed by atoms with Gasteiger partial charge in [0, 0.05) is 25.7 Å². The van der Waals surface area contributed by atoms with Gasteiger partial charge in [0.15, 0.2) is 0 Å². The summed E-state index contributed by atoms with van der Waals surface area (Å²) in [6.45, 7) is 3.42. The minimum atomic E-state index is 0.260. The molecule has 0 spiro atoms. The molecule has 2 fully saturated rings. The first kappa shape index (κ1) is 11.7. The highest BCUT2D eigenvalue weighted by Gasteiger charge is 2.31. The van der Waals surface area contributed by atoms with Crippen LogP contribution in [-0.2, 0) is 0 Å². The minimum Gasteiger partial charge on any atom is -0.330 e. The molecule has 1 aliphatic carbocycles. The fourth-order valence-corrected chi connectivity index (χ4v) is 2.48. The quantitative estimate of drug-likeness (QED) is 0.786. The third-order valence-electron chi connectivity index (χ3n) is 3.74. The van der Waals surface area contributed by atoms with Crippen LogP contribution in [0.15, 0.2) is 0 Å². The molecule has 2 aliphatic rings. The molecule has 0 unspecified atom stereocenters. The van der Waals surface area contributed by atoms with Crippen molar-refractivity contribution in [3.8, 4) is 0 Å². The zero-order valence-corrected chi connectivity index (χ0v) is 10.0. The maximum atomic E-state index is 12.3. The predicted molar refractivity (Wildman–Crippen MR) is 64.2 cm³/mol. The molecule has 0 aromatic heterocycles. The van der Waals surface area contributed by atoms with Crippen molar-refractivity contribution in [3.63, 3.8) is 0 Å². The van der Waals surface area contributed by atoms with Gasteiger partial charge in [0.1, 0.15) is 0 Å². The van der Waals surface area contributed by atoms with Crippen molar-refractivity contribution in [2.24, 2.45) is 5.73 Å². The fourth-order valence-electron chi connectivity index (χ4n) is 2.48. The van der Waals surface area contributed by atoms with Crippen molar-refractivity contribution in [3.05, 3.63) is 0 Å². The monoisotopic (exact) mass is 225 g/mol. The van der Waals surface area contributed by atoms with Crippen LogP contribution in [0.1, 0.15) is 38.5 Å². The SMILES string of the molecule is NCCCN(C(=O)N1CCCC1)C1CCC1. The van der Waals surface area contributed by atoms with Crippen molar-refractivity contribution in [1.82, 2.24) is 9.80 Å². The normalized spacial score (nSPS) is 20.9. The highest BCUT2D eigenvalue weighted by molar-refractivity contribution is 5.75. The number of nitrogens with zero attached hydrogens (tertiary/aromatic N) is 2. The Morgan fingerprint density at radius 2 is 1.94 bits per heavy atom. The van der Waals surface area contributed by atoms with Gasteiger partial charge in [-0.05, 0) is 45.1 Å². The van der Waals surface area contributed by atoms with Gasteiger partial charge in [-0.25, -0.2) is 4.79 Å². The summed E-state index contributed by atoms with van der Waals surface area (Å²) in [7, 11) is 0. The number of rotatable bonds is 4. The van der Waals surface area contributed by atoms with Gasteiger partial charge >= 0.3 is 6.03 Å². The molecular weight excluding hydrogens is 202 g/mol. The lowest BCUT2D eigenvalue weighted by molar-refractivity contribution is 0.112. The minimum absolute atomic E-state index is 0.260. The molecule has 0 radical (unpaired) electrons. The van der Waals surface area contributed by atoms with Crippen molar-refractivity contribution >= 4 is 6.03 Å². The highest BCUT2D eigenvalue weighted by Crippen LogP contribution is 2.26. The Labute approximate surface area is 97.8 Å². The summed E-state index contributed by atoms with van der Waals surface area (Å²) >= 11 is 0. The van der Waals surface area contributed by atoms with Crippen LogP contribution in [0.2, 0.25) is 0 Å². The van der Waals surface area contributed by atoms with Crippen molar-refractivity contribution in [2.75, 3.05) is 26.2 Å². The lowest BCUT2D eigenvalue weighted by Gasteiger charge is -2.39. The molecular formula is C12H23N3O. The van der Waals surface area contributed by atoms with Crippen LogP contribution < -0.4 is 5.73 Å². The Balaban J connectivity index is 1.90. The molecule has 2 N–H and O–H groups in total. The molecule has 0 aromatic carbocycles. The van der Waals surface area contributed by atoms with Crippen molar-refractivity contribution < 1.29 is 4.79 Å². The van der Waals surface area contributed by atoms with E-state index >= 15 is 0 Å². The lowest BCUT2D eigenvalue weighted by Crippen LogP contribution is -2.50. The lowest BCUT2D eigenvalue weighted by atomic mass is 9.91. The Kier molecular flexibility index (Phi) is 4.04. The van der Waals surface area contributed by atoms with Gasteiger partial charge in [-0.2, -0.15) is 0 Å². The van der Waals surface area contributed by atoms with Gasteiger partial charge in [-0.1, -0.05) is 0 Å². The summed E-state index contributed by atoms with van der Waals surface area (Å²) in [6, 6.07) is 0.760. The van der Waals surface area contributed by atoms with Crippen LogP contribution in [0.25, 0.3) is 0 Å². The van der Waals surface area contributed by atoms with Gasteiger partial charge in [-0.3, -0.25) is 0 Å². The van der Waals surface area contributed by atoms with E-state index in [9.17, 15) is 4.79 Å². The average molecular weight is 225 g/mol. The zero-order valence-electron chi connectivity index (χ0n) is 10.0.